The maximum Gasteiger partial charge on any atom is 0.254 e. The zero-order valence-electron chi connectivity index (χ0n) is 15.0. The van der Waals surface area contributed by atoms with E-state index in [1.807, 2.05) is 0 Å². The minimum Gasteiger partial charge on any atom is -0.343 e. The minimum absolute atomic E-state index is 0.0380. The molecule has 2 aromatic carbocycles. The molecule has 1 aliphatic heterocycles. The SMILES string of the molecule is O=C(CNC(=O)c1ccc(F)cc1F)Nc1ccc(C(=O)N2CCCC2)cc1. The maximum absolute atomic E-state index is 13.6. The third-order valence-electron chi connectivity index (χ3n) is 4.39. The summed E-state index contributed by atoms with van der Waals surface area (Å²) in [6.07, 6.45) is 2.01. The van der Waals surface area contributed by atoms with Gasteiger partial charge in [0.2, 0.25) is 5.91 Å². The van der Waals surface area contributed by atoms with Crippen molar-refractivity contribution in [1.82, 2.24) is 10.2 Å². The maximum atomic E-state index is 13.6. The van der Waals surface area contributed by atoms with Crippen LogP contribution in [0.4, 0.5) is 14.5 Å². The Labute approximate surface area is 160 Å². The summed E-state index contributed by atoms with van der Waals surface area (Å²) in [6.45, 7) is 1.13. The lowest BCUT2D eigenvalue weighted by atomic mass is 10.2. The zero-order valence-corrected chi connectivity index (χ0v) is 15.0. The molecule has 0 saturated carbocycles. The Kier molecular flexibility index (Phi) is 5.98. The molecule has 1 aliphatic rings. The van der Waals surface area contributed by atoms with Gasteiger partial charge in [-0.1, -0.05) is 0 Å². The van der Waals surface area contributed by atoms with Crippen molar-refractivity contribution in [3.8, 4) is 0 Å². The average Bonchev–Trinajstić information content (AvgIpc) is 3.21. The van der Waals surface area contributed by atoms with E-state index in [9.17, 15) is 23.2 Å². The predicted octanol–water partition coefficient (Wildman–Crippen LogP) is 2.57. The fourth-order valence-electron chi connectivity index (χ4n) is 2.93. The van der Waals surface area contributed by atoms with Gasteiger partial charge >= 0.3 is 0 Å². The number of anilines is 1. The van der Waals surface area contributed by atoms with E-state index in [2.05, 4.69) is 10.6 Å². The molecule has 3 rings (SSSR count). The van der Waals surface area contributed by atoms with Gasteiger partial charge in [-0.3, -0.25) is 14.4 Å². The van der Waals surface area contributed by atoms with Gasteiger partial charge < -0.3 is 15.5 Å². The number of amides is 3. The Morgan fingerprint density at radius 3 is 2.29 bits per heavy atom. The number of likely N-dealkylation sites (tertiary alicyclic amines) is 1. The molecule has 146 valence electrons. The summed E-state index contributed by atoms with van der Waals surface area (Å²) in [6, 6.07) is 9.02. The van der Waals surface area contributed by atoms with Crippen LogP contribution in [0.25, 0.3) is 0 Å². The second kappa shape index (κ2) is 8.60. The number of halogens is 2. The van der Waals surface area contributed by atoms with Gasteiger partial charge in [0.05, 0.1) is 12.1 Å². The lowest BCUT2D eigenvalue weighted by Gasteiger charge is -2.15. The fourth-order valence-corrected chi connectivity index (χ4v) is 2.93. The van der Waals surface area contributed by atoms with Crippen LogP contribution in [0.2, 0.25) is 0 Å². The van der Waals surface area contributed by atoms with Gasteiger partial charge in [-0.2, -0.15) is 0 Å². The number of hydrogen-bond acceptors (Lipinski definition) is 3. The van der Waals surface area contributed by atoms with E-state index in [1.54, 1.807) is 29.2 Å². The third-order valence-corrected chi connectivity index (χ3v) is 4.39. The van der Waals surface area contributed by atoms with Crippen LogP contribution in [-0.2, 0) is 4.79 Å². The van der Waals surface area contributed by atoms with Gasteiger partial charge in [0.1, 0.15) is 11.6 Å². The molecule has 0 radical (unpaired) electrons. The summed E-state index contributed by atoms with van der Waals surface area (Å²) >= 11 is 0. The van der Waals surface area contributed by atoms with Crippen LogP contribution in [-0.4, -0.2) is 42.3 Å². The average molecular weight is 387 g/mol. The van der Waals surface area contributed by atoms with Crippen LogP contribution in [0.1, 0.15) is 33.6 Å². The first kappa shape index (κ1) is 19.5. The fraction of sp³-hybridized carbons (Fsp3) is 0.250. The van der Waals surface area contributed by atoms with E-state index < -0.39 is 23.4 Å². The van der Waals surface area contributed by atoms with Gasteiger partial charge in [0.15, 0.2) is 0 Å². The smallest absolute Gasteiger partial charge is 0.254 e. The quantitative estimate of drug-likeness (QED) is 0.828. The van der Waals surface area contributed by atoms with Gasteiger partial charge in [-0.05, 0) is 49.2 Å². The van der Waals surface area contributed by atoms with E-state index in [4.69, 9.17) is 0 Å². The lowest BCUT2D eigenvalue weighted by molar-refractivity contribution is -0.115. The topological polar surface area (TPSA) is 78.5 Å². The number of carbonyl (C=O) groups excluding carboxylic acids is 3. The molecular formula is C20H19F2N3O3. The lowest BCUT2D eigenvalue weighted by Crippen LogP contribution is -2.33. The van der Waals surface area contributed by atoms with Crippen LogP contribution < -0.4 is 10.6 Å². The molecule has 0 spiro atoms. The van der Waals surface area contributed by atoms with Gasteiger partial charge in [0, 0.05) is 30.4 Å². The van der Waals surface area contributed by atoms with Crippen molar-refractivity contribution in [3.05, 3.63) is 65.2 Å². The zero-order chi connectivity index (χ0) is 20.1. The number of nitrogens with one attached hydrogen (secondary N) is 2. The number of benzene rings is 2. The van der Waals surface area contributed by atoms with Crippen molar-refractivity contribution in [1.29, 1.82) is 0 Å². The Bertz CT molecular complexity index is 894. The molecule has 28 heavy (non-hydrogen) atoms. The largest absolute Gasteiger partial charge is 0.343 e. The van der Waals surface area contributed by atoms with Crippen molar-refractivity contribution >= 4 is 23.4 Å². The Balaban J connectivity index is 1.51. The molecular weight excluding hydrogens is 368 g/mol. The van der Waals surface area contributed by atoms with Crippen LogP contribution in [0.3, 0.4) is 0 Å². The third kappa shape index (κ3) is 4.70. The highest BCUT2D eigenvalue weighted by atomic mass is 19.1. The normalized spacial score (nSPS) is 13.3. The summed E-state index contributed by atoms with van der Waals surface area (Å²) in [5.41, 5.74) is 0.657. The molecule has 0 atom stereocenters. The van der Waals surface area contributed by atoms with Crippen LogP contribution in [0.5, 0.6) is 0 Å². The molecule has 2 N–H and O–H groups in total. The van der Waals surface area contributed by atoms with Crippen LogP contribution in [0.15, 0.2) is 42.5 Å². The van der Waals surface area contributed by atoms with Crippen molar-refractivity contribution in [2.45, 2.75) is 12.8 Å². The summed E-state index contributed by atoms with van der Waals surface area (Å²) in [7, 11) is 0. The molecule has 0 unspecified atom stereocenters. The van der Waals surface area contributed by atoms with E-state index in [-0.39, 0.29) is 18.0 Å². The van der Waals surface area contributed by atoms with E-state index >= 15 is 0 Å². The van der Waals surface area contributed by atoms with Crippen LogP contribution in [0, 0.1) is 11.6 Å². The number of carbonyl (C=O) groups is 3. The first-order valence-corrected chi connectivity index (χ1v) is 8.86. The van der Waals surface area contributed by atoms with Crippen molar-refractivity contribution < 1.29 is 23.2 Å². The van der Waals surface area contributed by atoms with E-state index in [1.165, 1.54) is 0 Å². The molecule has 0 aromatic heterocycles. The summed E-state index contributed by atoms with van der Waals surface area (Å²) < 4.78 is 26.4. The highest BCUT2D eigenvalue weighted by molar-refractivity contribution is 6.00. The monoisotopic (exact) mass is 387 g/mol. The molecule has 3 amide bonds. The van der Waals surface area contributed by atoms with Gasteiger partial charge in [-0.25, -0.2) is 8.78 Å². The molecule has 6 nitrogen and oxygen atoms in total. The Morgan fingerprint density at radius 2 is 1.64 bits per heavy atom. The van der Waals surface area contributed by atoms with Gasteiger partial charge in [0.25, 0.3) is 11.8 Å². The molecule has 2 aromatic rings. The standard InChI is InChI=1S/C20H19F2N3O3/c21-14-5-8-16(17(22)11-14)19(27)23-12-18(26)24-15-6-3-13(4-7-15)20(28)25-9-1-2-10-25/h3-8,11H,1-2,9-10,12H2,(H,23,27)(H,24,26). The predicted molar refractivity (Wildman–Crippen MR) is 98.9 cm³/mol. The minimum atomic E-state index is -1.00. The molecule has 0 aliphatic carbocycles. The molecule has 1 saturated heterocycles. The molecule has 0 bridgehead atoms. The summed E-state index contributed by atoms with van der Waals surface area (Å²) in [5, 5.41) is 4.85. The second-order valence-corrected chi connectivity index (χ2v) is 6.43. The molecule has 1 fully saturated rings. The first-order valence-electron chi connectivity index (χ1n) is 8.86. The first-order chi connectivity index (χ1) is 13.4. The highest BCUT2D eigenvalue weighted by Gasteiger charge is 2.19. The number of hydrogen-bond donors (Lipinski definition) is 2. The number of nitrogens with zero attached hydrogens (tertiary/aromatic N) is 1. The van der Waals surface area contributed by atoms with E-state index in [0.717, 1.165) is 38.1 Å². The summed E-state index contributed by atoms with van der Waals surface area (Å²) in [4.78, 5) is 37.9. The second-order valence-electron chi connectivity index (χ2n) is 6.43. The Morgan fingerprint density at radius 1 is 0.964 bits per heavy atom. The molecule has 1 heterocycles. The highest BCUT2D eigenvalue weighted by Crippen LogP contribution is 2.15. The van der Waals surface area contributed by atoms with E-state index in [0.29, 0.717) is 17.3 Å². The van der Waals surface area contributed by atoms with Crippen LogP contribution >= 0.6 is 0 Å². The summed E-state index contributed by atoms with van der Waals surface area (Å²) in [5.74, 6) is -3.17. The molecule has 8 heteroatoms. The Hall–Kier alpha value is -3.29. The number of rotatable bonds is 5. The van der Waals surface area contributed by atoms with Crippen molar-refractivity contribution in [2.24, 2.45) is 0 Å². The van der Waals surface area contributed by atoms with Crippen molar-refractivity contribution in [3.63, 3.8) is 0 Å². The van der Waals surface area contributed by atoms with Crippen molar-refractivity contribution in [2.75, 3.05) is 25.0 Å². The van der Waals surface area contributed by atoms with Gasteiger partial charge in [-0.15, -0.1) is 0 Å².